The third kappa shape index (κ3) is 7.04. The van der Waals surface area contributed by atoms with Gasteiger partial charge in [-0.15, -0.1) is 0 Å². The predicted octanol–water partition coefficient (Wildman–Crippen LogP) is 3.48. The standard InChI is InChI=1S/C18H20Cl2N2O/c19-16-6-4-14(5-7-16)9-11-22-18(23)13-21-10-8-15-2-1-3-17(20)12-15/h1-7,12,21H,8-11,13H2,(H,22,23). The minimum atomic E-state index is 0.00468. The van der Waals surface area contributed by atoms with Crippen LogP contribution in [-0.4, -0.2) is 25.5 Å². The third-order valence-electron chi connectivity index (χ3n) is 3.41. The van der Waals surface area contributed by atoms with E-state index in [1.165, 1.54) is 0 Å². The summed E-state index contributed by atoms with van der Waals surface area (Å²) in [7, 11) is 0. The highest BCUT2D eigenvalue weighted by atomic mass is 35.5. The molecule has 0 bridgehead atoms. The number of rotatable bonds is 8. The number of amides is 1. The normalized spacial score (nSPS) is 10.5. The van der Waals surface area contributed by atoms with E-state index in [-0.39, 0.29) is 5.91 Å². The first-order chi connectivity index (χ1) is 11.1. The number of hydrogen-bond acceptors (Lipinski definition) is 2. The SMILES string of the molecule is O=C(CNCCc1cccc(Cl)c1)NCCc1ccc(Cl)cc1. The Kier molecular flexibility index (Phi) is 7.40. The van der Waals surface area contributed by atoms with Gasteiger partial charge in [0, 0.05) is 16.6 Å². The van der Waals surface area contributed by atoms with Gasteiger partial charge in [-0.2, -0.15) is 0 Å². The number of carbonyl (C=O) groups is 1. The third-order valence-corrected chi connectivity index (χ3v) is 3.90. The van der Waals surface area contributed by atoms with Gasteiger partial charge in [-0.1, -0.05) is 47.5 Å². The first-order valence-corrected chi connectivity index (χ1v) is 8.35. The lowest BCUT2D eigenvalue weighted by Crippen LogP contribution is -2.35. The molecule has 0 aliphatic rings. The smallest absolute Gasteiger partial charge is 0.233 e. The lowest BCUT2D eigenvalue weighted by molar-refractivity contribution is -0.120. The lowest BCUT2D eigenvalue weighted by Gasteiger charge is -2.07. The molecule has 0 saturated carbocycles. The highest BCUT2D eigenvalue weighted by Crippen LogP contribution is 2.11. The van der Waals surface area contributed by atoms with Gasteiger partial charge in [-0.3, -0.25) is 4.79 Å². The number of halogens is 2. The maximum absolute atomic E-state index is 11.7. The van der Waals surface area contributed by atoms with Crippen molar-refractivity contribution in [2.75, 3.05) is 19.6 Å². The average Bonchev–Trinajstić information content (AvgIpc) is 2.54. The summed E-state index contributed by atoms with van der Waals surface area (Å²) in [5.41, 5.74) is 2.32. The number of benzene rings is 2. The molecule has 2 aromatic rings. The van der Waals surface area contributed by atoms with Crippen LogP contribution in [0.25, 0.3) is 0 Å². The van der Waals surface area contributed by atoms with Gasteiger partial charge < -0.3 is 10.6 Å². The van der Waals surface area contributed by atoms with Crippen LogP contribution in [-0.2, 0) is 17.6 Å². The number of nitrogens with one attached hydrogen (secondary N) is 2. The Bertz CT molecular complexity index is 629. The molecule has 2 N–H and O–H groups in total. The van der Waals surface area contributed by atoms with Gasteiger partial charge in [0.25, 0.3) is 0 Å². The van der Waals surface area contributed by atoms with Gasteiger partial charge >= 0.3 is 0 Å². The zero-order valence-electron chi connectivity index (χ0n) is 12.8. The minimum absolute atomic E-state index is 0.00468. The first-order valence-electron chi connectivity index (χ1n) is 7.60. The van der Waals surface area contributed by atoms with Crippen molar-refractivity contribution in [3.63, 3.8) is 0 Å². The lowest BCUT2D eigenvalue weighted by atomic mass is 10.1. The molecule has 122 valence electrons. The highest BCUT2D eigenvalue weighted by Gasteiger charge is 2.01. The molecular formula is C18H20Cl2N2O. The van der Waals surface area contributed by atoms with Crippen molar-refractivity contribution in [3.05, 3.63) is 69.7 Å². The van der Waals surface area contributed by atoms with E-state index in [0.717, 1.165) is 40.6 Å². The summed E-state index contributed by atoms with van der Waals surface area (Å²) in [4.78, 5) is 11.7. The Morgan fingerprint density at radius 3 is 2.35 bits per heavy atom. The van der Waals surface area contributed by atoms with Crippen LogP contribution < -0.4 is 10.6 Å². The van der Waals surface area contributed by atoms with E-state index < -0.39 is 0 Å². The summed E-state index contributed by atoms with van der Waals surface area (Å²) in [6.07, 6.45) is 1.64. The van der Waals surface area contributed by atoms with Crippen LogP contribution in [0.4, 0.5) is 0 Å². The van der Waals surface area contributed by atoms with Crippen molar-refractivity contribution in [3.8, 4) is 0 Å². The molecule has 2 aromatic carbocycles. The van der Waals surface area contributed by atoms with E-state index >= 15 is 0 Å². The molecule has 0 unspecified atom stereocenters. The highest BCUT2D eigenvalue weighted by molar-refractivity contribution is 6.30. The zero-order valence-corrected chi connectivity index (χ0v) is 14.3. The molecule has 0 heterocycles. The summed E-state index contributed by atoms with van der Waals surface area (Å²) in [5.74, 6) is 0.00468. The molecule has 0 aliphatic heterocycles. The average molecular weight is 351 g/mol. The molecule has 2 rings (SSSR count). The second kappa shape index (κ2) is 9.56. The molecular weight excluding hydrogens is 331 g/mol. The Morgan fingerprint density at radius 1 is 0.870 bits per heavy atom. The van der Waals surface area contributed by atoms with E-state index in [9.17, 15) is 4.79 Å². The largest absolute Gasteiger partial charge is 0.355 e. The maximum Gasteiger partial charge on any atom is 0.233 e. The fourth-order valence-corrected chi connectivity index (χ4v) is 2.53. The Balaban J connectivity index is 1.57. The van der Waals surface area contributed by atoms with E-state index in [1.54, 1.807) is 0 Å². The van der Waals surface area contributed by atoms with Gasteiger partial charge in [0.15, 0.2) is 0 Å². The predicted molar refractivity (Wildman–Crippen MR) is 96.2 cm³/mol. The molecule has 0 spiro atoms. The quantitative estimate of drug-likeness (QED) is 0.715. The van der Waals surface area contributed by atoms with Crippen molar-refractivity contribution in [1.82, 2.24) is 10.6 Å². The molecule has 0 radical (unpaired) electrons. The molecule has 1 amide bonds. The van der Waals surface area contributed by atoms with Crippen LogP contribution >= 0.6 is 23.2 Å². The van der Waals surface area contributed by atoms with Crippen LogP contribution in [0, 0.1) is 0 Å². The molecule has 0 saturated heterocycles. The van der Waals surface area contributed by atoms with Crippen LogP contribution in [0.15, 0.2) is 48.5 Å². The van der Waals surface area contributed by atoms with E-state index in [0.29, 0.717) is 13.1 Å². The van der Waals surface area contributed by atoms with E-state index in [2.05, 4.69) is 10.6 Å². The second-order valence-corrected chi connectivity index (χ2v) is 6.16. The summed E-state index contributed by atoms with van der Waals surface area (Å²) in [6.45, 7) is 1.68. The van der Waals surface area contributed by atoms with Gasteiger partial charge in [-0.05, 0) is 54.8 Å². The summed E-state index contributed by atoms with van der Waals surface area (Å²) < 4.78 is 0. The zero-order chi connectivity index (χ0) is 16.5. The molecule has 0 aromatic heterocycles. The Morgan fingerprint density at radius 2 is 1.61 bits per heavy atom. The molecule has 23 heavy (non-hydrogen) atoms. The van der Waals surface area contributed by atoms with Crippen LogP contribution in [0.5, 0.6) is 0 Å². The summed E-state index contributed by atoms with van der Waals surface area (Å²) in [5, 5.41) is 7.50. The van der Waals surface area contributed by atoms with E-state index in [1.807, 2.05) is 48.5 Å². The van der Waals surface area contributed by atoms with Gasteiger partial charge in [-0.25, -0.2) is 0 Å². The number of carbonyl (C=O) groups excluding carboxylic acids is 1. The van der Waals surface area contributed by atoms with Crippen molar-refractivity contribution < 1.29 is 4.79 Å². The molecule has 5 heteroatoms. The van der Waals surface area contributed by atoms with Crippen LogP contribution in [0.1, 0.15) is 11.1 Å². The number of hydrogen-bond donors (Lipinski definition) is 2. The summed E-state index contributed by atoms with van der Waals surface area (Å²) >= 11 is 11.8. The van der Waals surface area contributed by atoms with Gasteiger partial charge in [0.05, 0.1) is 6.54 Å². The van der Waals surface area contributed by atoms with Crippen LogP contribution in [0.3, 0.4) is 0 Å². The maximum atomic E-state index is 11.7. The first kappa shape index (κ1) is 17.8. The molecule has 0 fully saturated rings. The van der Waals surface area contributed by atoms with Crippen molar-refractivity contribution in [1.29, 1.82) is 0 Å². The second-order valence-electron chi connectivity index (χ2n) is 5.28. The fourth-order valence-electron chi connectivity index (χ4n) is 2.19. The van der Waals surface area contributed by atoms with Crippen molar-refractivity contribution in [2.45, 2.75) is 12.8 Å². The van der Waals surface area contributed by atoms with E-state index in [4.69, 9.17) is 23.2 Å². The van der Waals surface area contributed by atoms with Crippen molar-refractivity contribution in [2.24, 2.45) is 0 Å². The monoisotopic (exact) mass is 350 g/mol. The molecule has 0 aliphatic carbocycles. The van der Waals surface area contributed by atoms with Crippen molar-refractivity contribution >= 4 is 29.1 Å². The minimum Gasteiger partial charge on any atom is -0.355 e. The molecule has 3 nitrogen and oxygen atoms in total. The Hall–Kier alpha value is -1.55. The van der Waals surface area contributed by atoms with Crippen LogP contribution in [0.2, 0.25) is 10.0 Å². The topological polar surface area (TPSA) is 41.1 Å². The molecule has 0 atom stereocenters. The fraction of sp³-hybridized carbons (Fsp3) is 0.278. The Labute approximate surface area is 147 Å². The summed E-state index contributed by atoms with van der Waals surface area (Å²) in [6, 6.07) is 15.4. The van der Waals surface area contributed by atoms with Gasteiger partial charge in [0.2, 0.25) is 5.91 Å². The van der Waals surface area contributed by atoms with Gasteiger partial charge in [0.1, 0.15) is 0 Å².